The first-order valence-electron chi connectivity index (χ1n) is 7.15. The maximum Gasteiger partial charge on any atom is 0.410 e. The number of nitrogens with zero attached hydrogens (tertiary/aromatic N) is 3. The molecular weight excluding hydrogens is 290 g/mol. The van der Waals surface area contributed by atoms with Crippen LogP contribution in [0.1, 0.15) is 26.5 Å². The summed E-state index contributed by atoms with van der Waals surface area (Å²) >= 11 is 5.89. The second-order valence-corrected chi connectivity index (χ2v) is 6.58. The van der Waals surface area contributed by atoms with Gasteiger partial charge in [0, 0.05) is 32.7 Å². The molecule has 0 aliphatic carbocycles. The van der Waals surface area contributed by atoms with Gasteiger partial charge in [-0.15, -0.1) is 0 Å². The van der Waals surface area contributed by atoms with Crippen molar-refractivity contribution in [1.29, 1.82) is 0 Å². The van der Waals surface area contributed by atoms with Crippen LogP contribution in [-0.4, -0.2) is 52.7 Å². The van der Waals surface area contributed by atoms with Gasteiger partial charge in [0.15, 0.2) is 0 Å². The number of pyridine rings is 1. The lowest BCUT2D eigenvalue weighted by molar-refractivity contribution is 0.0138. The monoisotopic (exact) mass is 311 g/mol. The summed E-state index contributed by atoms with van der Waals surface area (Å²) in [6.45, 7) is 9.37. The molecule has 0 radical (unpaired) electrons. The molecule has 1 aliphatic rings. The minimum absolute atomic E-state index is 0.233. The molecule has 1 aromatic heterocycles. The van der Waals surface area contributed by atoms with E-state index in [0.29, 0.717) is 18.2 Å². The lowest BCUT2D eigenvalue weighted by Gasteiger charge is -2.35. The van der Waals surface area contributed by atoms with E-state index in [2.05, 4.69) is 9.88 Å². The van der Waals surface area contributed by atoms with Gasteiger partial charge in [0.1, 0.15) is 10.8 Å². The van der Waals surface area contributed by atoms with Crippen molar-refractivity contribution < 1.29 is 9.53 Å². The molecule has 2 heterocycles. The van der Waals surface area contributed by atoms with Crippen LogP contribution in [0, 0.1) is 0 Å². The van der Waals surface area contributed by atoms with Crippen molar-refractivity contribution >= 4 is 17.7 Å². The molecule has 0 spiro atoms. The van der Waals surface area contributed by atoms with E-state index < -0.39 is 5.60 Å². The standard InChI is InChI=1S/C15H22ClN3O2/c1-15(2,3)21-14(20)19-9-7-18(8-10-19)11-12-5-4-6-13(16)17-12/h4-6H,7-11H2,1-3H3. The summed E-state index contributed by atoms with van der Waals surface area (Å²) in [6.07, 6.45) is -0.233. The van der Waals surface area contributed by atoms with E-state index in [1.54, 1.807) is 11.0 Å². The van der Waals surface area contributed by atoms with Crippen molar-refractivity contribution in [3.05, 3.63) is 29.0 Å². The first-order valence-corrected chi connectivity index (χ1v) is 7.53. The van der Waals surface area contributed by atoms with E-state index in [9.17, 15) is 4.79 Å². The van der Waals surface area contributed by atoms with Crippen LogP contribution in [0.3, 0.4) is 0 Å². The van der Waals surface area contributed by atoms with Crippen LogP contribution >= 0.6 is 11.6 Å². The third-order valence-corrected chi connectivity index (χ3v) is 3.39. The first kappa shape index (κ1) is 16.0. The highest BCUT2D eigenvalue weighted by Crippen LogP contribution is 2.13. The zero-order chi connectivity index (χ0) is 15.5. The molecule has 1 fully saturated rings. The summed E-state index contributed by atoms with van der Waals surface area (Å²) in [4.78, 5) is 20.3. The van der Waals surface area contributed by atoms with Gasteiger partial charge in [-0.1, -0.05) is 17.7 Å². The zero-order valence-corrected chi connectivity index (χ0v) is 13.6. The Balaban J connectivity index is 1.82. The molecule has 0 N–H and O–H groups in total. The first-order chi connectivity index (χ1) is 9.83. The van der Waals surface area contributed by atoms with Crippen LogP contribution in [0.15, 0.2) is 18.2 Å². The Hall–Kier alpha value is -1.33. The summed E-state index contributed by atoms with van der Waals surface area (Å²) < 4.78 is 5.39. The molecule has 1 aliphatic heterocycles. The minimum Gasteiger partial charge on any atom is -0.444 e. The highest BCUT2D eigenvalue weighted by atomic mass is 35.5. The Morgan fingerprint density at radius 2 is 1.95 bits per heavy atom. The minimum atomic E-state index is -0.446. The molecule has 0 bridgehead atoms. The summed E-state index contributed by atoms with van der Waals surface area (Å²) in [7, 11) is 0. The number of carbonyl (C=O) groups is 1. The average Bonchev–Trinajstić information content (AvgIpc) is 2.37. The summed E-state index contributed by atoms with van der Waals surface area (Å²) in [5.41, 5.74) is 0.507. The van der Waals surface area contributed by atoms with E-state index in [1.807, 2.05) is 32.9 Å². The van der Waals surface area contributed by atoms with Gasteiger partial charge >= 0.3 is 6.09 Å². The molecule has 1 aromatic rings. The van der Waals surface area contributed by atoms with Gasteiger partial charge in [0.25, 0.3) is 0 Å². The Morgan fingerprint density at radius 3 is 2.52 bits per heavy atom. The molecule has 0 unspecified atom stereocenters. The fraction of sp³-hybridized carbons (Fsp3) is 0.600. The molecule has 116 valence electrons. The number of ether oxygens (including phenoxy) is 1. The van der Waals surface area contributed by atoms with Crippen molar-refractivity contribution in [2.24, 2.45) is 0 Å². The van der Waals surface area contributed by atoms with Gasteiger partial charge in [-0.05, 0) is 32.9 Å². The number of carbonyl (C=O) groups excluding carboxylic acids is 1. The summed E-state index contributed by atoms with van der Waals surface area (Å²) in [5.74, 6) is 0. The summed E-state index contributed by atoms with van der Waals surface area (Å²) in [5, 5.41) is 0.514. The Kier molecular flexibility index (Phi) is 5.06. The van der Waals surface area contributed by atoms with E-state index >= 15 is 0 Å². The Labute approximate surface area is 130 Å². The van der Waals surface area contributed by atoms with Crippen LogP contribution < -0.4 is 0 Å². The number of amides is 1. The smallest absolute Gasteiger partial charge is 0.410 e. The van der Waals surface area contributed by atoms with E-state index in [4.69, 9.17) is 16.3 Å². The molecule has 0 aromatic carbocycles. The van der Waals surface area contributed by atoms with Gasteiger partial charge in [0.05, 0.1) is 5.69 Å². The van der Waals surface area contributed by atoms with Crippen LogP contribution in [0.5, 0.6) is 0 Å². The molecule has 1 saturated heterocycles. The SMILES string of the molecule is CC(C)(C)OC(=O)N1CCN(Cc2cccc(Cl)n2)CC1. The molecule has 21 heavy (non-hydrogen) atoms. The normalized spacial score (nSPS) is 16.9. The Bertz CT molecular complexity index is 494. The third-order valence-electron chi connectivity index (χ3n) is 3.18. The van der Waals surface area contributed by atoms with E-state index in [1.165, 1.54) is 0 Å². The highest BCUT2D eigenvalue weighted by molar-refractivity contribution is 6.29. The lowest BCUT2D eigenvalue weighted by atomic mass is 10.2. The van der Waals surface area contributed by atoms with Crippen molar-refractivity contribution in [3.8, 4) is 0 Å². The lowest BCUT2D eigenvalue weighted by Crippen LogP contribution is -2.49. The molecule has 5 nitrogen and oxygen atoms in total. The molecule has 1 amide bonds. The van der Waals surface area contributed by atoms with Crippen molar-refractivity contribution in [1.82, 2.24) is 14.8 Å². The van der Waals surface area contributed by atoms with Crippen molar-refractivity contribution in [3.63, 3.8) is 0 Å². The number of hydrogen-bond acceptors (Lipinski definition) is 4. The van der Waals surface area contributed by atoms with E-state index in [-0.39, 0.29) is 6.09 Å². The number of piperazine rings is 1. The fourth-order valence-electron chi connectivity index (χ4n) is 2.18. The molecular formula is C15H22ClN3O2. The third kappa shape index (κ3) is 5.17. The van der Waals surface area contributed by atoms with Gasteiger partial charge in [-0.2, -0.15) is 0 Å². The summed E-state index contributed by atoms with van der Waals surface area (Å²) in [6, 6.07) is 5.64. The maximum absolute atomic E-state index is 12.0. The Morgan fingerprint density at radius 1 is 1.29 bits per heavy atom. The largest absolute Gasteiger partial charge is 0.444 e. The second kappa shape index (κ2) is 6.62. The number of halogens is 1. The van der Waals surface area contributed by atoms with Crippen molar-refractivity contribution in [2.75, 3.05) is 26.2 Å². The van der Waals surface area contributed by atoms with Crippen LogP contribution in [0.4, 0.5) is 4.79 Å². The van der Waals surface area contributed by atoms with E-state index in [0.717, 1.165) is 25.3 Å². The van der Waals surface area contributed by atoms with Crippen LogP contribution in [0.2, 0.25) is 5.15 Å². The van der Waals surface area contributed by atoms with Gasteiger partial charge < -0.3 is 9.64 Å². The molecule has 6 heteroatoms. The number of aromatic nitrogens is 1. The quantitative estimate of drug-likeness (QED) is 0.788. The zero-order valence-electron chi connectivity index (χ0n) is 12.8. The number of rotatable bonds is 2. The van der Waals surface area contributed by atoms with Crippen LogP contribution in [-0.2, 0) is 11.3 Å². The molecule has 0 saturated carbocycles. The van der Waals surface area contributed by atoms with Gasteiger partial charge in [-0.3, -0.25) is 4.90 Å². The topological polar surface area (TPSA) is 45.7 Å². The fourth-order valence-corrected chi connectivity index (χ4v) is 2.36. The van der Waals surface area contributed by atoms with Gasteiger partial charge in [0.2, 0.25) is 0 Å². The number of hydrogen-bond donors (Lipinski definition) is 0. The van der Waals surface area contributed by atoms with Gasteiger partial charge in [-0.25, -0.2) is 9.78 Å². The van der Waals surface area contributed by atoms with Crippen LogP contribution in [0.25, 0.3) is 0 Å². The predicted molar refractivity (Wildman–Crippen MR) is 82.3 cm³/mol. The predicted octanol–water partition coefficient (Wildman–Crippen LogP) is 2.79. The average molecular weight is 312 g/mol. The highest BCUT2D eigenvalue weighted by Gasteiger charge is 2.25. The molecule has 2 rings (SSSR count). The maximum atomic E-state index is 12.0. The molecule has 0 atom stereocenters. The second-order valence-electron chi connectivity index (χ2n) is 6.20. The van der Waals surface area contributed by atoms with Crippen molar-refractivity contribution in [2.45, 2.75) is 32.9 Å².